The van der Waals surface area contributed by atoms with E-state index in [9.17, 15) is 13.2 Å². The van der Waals surface area contributed by atoms with Gasteiger partial charge in [0.1, 0.15) is 6.61 Å². The van der Waals surface area contributed by atoms with E-state index in [0.717, 1.165) is 15.6 Å². The first-order valence-corrected chi connectivity index (χ1v) is 7.23. The molecule has 6 heteroatoms. The van der Waals surface area contributed by atoms with Gasteiger partial charge in [0, 0.05) is 4.70 Å². The third kappa shape index (κ3) is 3.94. The van der Waals surface area contributed by atoms with Crippen LogP contribution in [0.5, 0.6) is 0 Å². The average molecular weight is 303 g/mol. The Hall–Kier alpha value is -1.11. The topological polar surface area (TPSA) is 21.3 Å². The Kier molecular flexibility index (Phi) is 5.01. The minimum absolute atomic E-state index is 0.00801. The van der Waals surface area contributed by atoms with Crippen molar-refractivity contribution in [3.8, 4) is 0 Å². The molecular weight excluding hydrogens is 287 g/mol. The minimum Gasteiger partial charge on any atom is -0.370 e. The average Bonchev–Trinajstić information content (AvgIpc) is 2.80. The third-order valence-electron chi connectivity index (χ3n) is 2.89. The summed E-state index contributed by atoms with van der Waals surface area (Å²) >= 11 is 1.59. The molecule has 2 aromatic rings. The van der Waals surface area contributed by atoms with Crippen molar-refractivity contribution in [2.24, 2.45) is 0 Å². The number of hydrogen-bond acceptors (Lipinski definition) is 3. The number of fused-ring (bicyclic) bond motifs is 1. The normalized spacial score (nSPS) is 13.8. The van der Waals surface area contributed by atoms with Crippen LogP contribution in [0.1, 0.15) is 18.5 Å². The van der Waals surface area contributed by atoms with Crippen molar-refractivity contribution >= 4 is 21.4 Å². The van der Waals surface area contributed by atoms with Crippen LogP contribution in [0.25, 0.3) is 10.1 Å². The van der Waals surface area contributed by atoms with Gasteiger partial charge in [0.2, 0.25) is 0 Å². The summed E-state index contributed by atoms with van der Waals surface area (Å²) in [4.78, 5) is 0. The first-order valence-electron chi connectivity index (χ1n) is 6.35. The lowest BCUT2D eigenvalue weighted by atomic mass is 10.1. The van der Waals surface area contributed by atoms with Gasteiger partial charge in [0.15, 0.2) is 0 Å². The van der Waals surface area contributed by atoms with E-state index in [-0.39, 0.29) is 12.6 Å². The molecule has 2 rings (SSSR count). The largest absolute Gasteiger partial charge is 0.411 e. The molecule has 0 aliphatic carbocycles. The van der Waals surface area contributed by atoms with Gasteiger partial charge in [-0.15, -0.1) is 11.3 Å². The fourth-order valence-corrected chi connectivity index (χ4v) is 3.08. The van der Waals surface area contributed by atoms with Crippen LogP contribution in [-0.2, 0) is 4.74 Å². The SMILES string of the molecule is CCNC(COCC(F)(F)F)c1csc2ccccc12. The van der Waals surface area contributed by atoms with Gasteiger partial charge in [0.25, 0.3) is 0 Å². The van der Waals surface area contributed by atoms with Crippen LogP contribution in [0.4, 0.5) is 13.2 Å². The Morgan fingerprint density at radius 3 is 2.75 bits per heavy atom. The van der Waals surface area contributed by atoms with Crippen molar-refractivity contribution in [2.75, 3.05) is 19.8 Å². The lowest BCUT2D eigenvalue weighted by molar-refractivity contribution is -0.175. The summed E-state index contributed by atoms with van der Waals surface area (Å²) < 4.78 is 42.4. The number of hydrogen-bond donors (Lipinski definition) is 1. The Bertz CT molecular complexity index is 553. The second-order valence-electron chi connectivity index (χ2n) is 4.43. The second kappa shape index (κ2) is 6.56. The van der Waals surface area contributed by atoms with Crippen molar-refractivity contribution in [2.45, 2.75) is 19.1 Å². The number of benzene rings is 1. The summed E-state index contributed by atoms with van der Waals surface area (Å²) in [6, 6.07) is 7.64. The molecule has 0 fully saturated rings. The molecule has 0 spiro atoms. The van der Waals surface area contributed by atoms with Crippen LogP contribution in [0.3, 0.4) is 0 Å². The molecule has 0 radical (unpaired) electrons. The minimum atomic E-state index is -4.28. The molecule has 1 heterocycles. The van der Waals surface area contributed by atoms with E-state index in [1.54, 1.807) is 11.3 Å². The summed E-state index contributed by atoms with van der Waals surface area (Å²) in [6.45, 7) is 1.39. The summed E-state index contributed by atoms with van der Waals surface area (Å²) in [5.41, 5.74) is 0.995. The number of likely N-dealkylation sites (N-methyl/N-ethyl adjacent to an activating group) is 1. The quantitative estimate of drug-likeness (QED) is 0.866. The first-order chi connectivity index (χ1) is 9.51. The molecule has 0 saturated heterocycles. The summed E-state index contributed by atoms with van der Waals surface area (Å²) in [5.74, 6) is 0. The highest BCUT2D eigenvalue weighted by atomic mass is 32.1. The zero-order valence-electron chi connectivity index (χ0n) is 11.0. The molecule has 110 valence electrons. The molecule has 20 heavy (non-hydrogen) atoms. The number of nitrogens with one attached hydrogen (secondary N) is 1. The molecule has 0 amide bonds. The van der Waals surface area contributed by atoms with E-state index >= 15 is 0 Å². The highest BCUT2D eigenvalue weighted by molar-refractivity contribution is 7.17. The fraction of sp³-hybridized carbons (Fsp3) is 0.429. The van der Waals surface area contributed by atoms with Crippen LogP contribution in [0, 0.1) is 0 Å². The molecule has 0 saturated carbocycles. The molecule has 0 aliphatic heterocycles. The van der Waals surface area contributed by atoms with E-state index in [1.165, 1.54) is 0 Å². The molecule has 0 bridgehead atoms. The number of rotatable bonds is 6. The van der Waals surface area contributed by atoms with Gasteiger partial charge in [0.05, 0.1) is 12.6 Å². The van der Waals surface area contributed by atoms with Crippen molar-refractivity contribution in [1.29, 1.82) is 0 Å². The first kappa shape index (κ1) is 15.3. The predicted octanol–water partition coefficient (Wildman–Crippen LogP) is 4.13. The summed E-state index contributed by atoms with van der Waals surface area (Å²) in [5, 5.41) is 6.23. The van der Waals surface area contributed by atoms with Gasteiger partial charge in [-0.2, -0.15) is 13.2 Å². The molecule has 1 unspecified atom stereocenters. The maximum absolute atomic E-state index is 12.1. The highest BCUT2D eigenvalue weighted by Crippen LogP contribution is 2.30. The van der Waals surface area contributed by atoms with Crippen molar-refractivity contribution in [3.63, 3.8) is 0 Å². The van der Waals surface area contributed by atoms with Crippen LogP contribution in [-0.4, -0.2) is 25.9 Å². The van der Waals surface area contributed by atoms with E-state index in [1.807, 2.05) is 36.6 Å². The Morgan fingerprint density at radius 1 is 1.30 bits per heavy atom. The van der Waals surface area contributed by atoms with E-state index in [4.69, 9.17) is 4.74 Å². The van der Waals surface area contributed by atoms with Crippen molar-refractivity contribution < 1.29 is 17.9 Å². The molecule has 0 aliphatic rings. The zero-order valence-corrected chi connectivity index (χ0v) is 11.9. The van der Waals surface area contributed by atoms with E-state index in [0.29, 0.717) is 6.54 Å². The van der Waals surface area contributed by atoms with Crippen molar-refractivity contribution in [1.82, 2.24) is 5.32 Å². The number of halogens is 3. The Labute approximate surface area is 119 Å². The summed E-state index contributed by atoms with van der Waals surface area (Å²) in [7, 11) is 0. The lowest BCUT2D eigenvalue weighted by Crippen LogP contribution is -2.27. The molecular formula is C14H16F3NOS. The van der Waals surface area contributed by atoms with Gasteiger partial charge in [-0.05, 0) is 28.9 Å². The van der Waals surface area contributed by atoms with Crippen molar-refractivity contribution in [3.05, 3.63) is 35.2 Å². The maximum Gasteiger partial charge on any atom is 0.411 e. The second-order valence-corrected chi connectivity index (χ2v) is 5.34. The van der Waals surface area contributed by atoms with Gasteiger partial charge in [-0.1, -0.05) is 25.1 Å². The van der Waals surface area contributed by atoms with Crippen LogP contribution < -0.4 is 5.32 Å². The van der Waals surface area contributed by atoms with Crippen LogP contribution in [0.15, 0.2) is 29.6 Å². The molecule has 1 N–H and O–H groups in total. The smallest absolute Gasteiger partial charge is 0.370 e. The Balaban J connectivity index is 2.12. The molecule has 2 nitrogen and oxygen atoms in total. The monoisotopic (exact) mass is 303 g/mol. The number of thiophene rings is 1. The third-order valence-corrected chi connectivity index (χ3v) is 3.87. The van der Waals surface area contributed by atoms with E-state index in [2.05, 4.69) is 5.32 Å². The van der Waals surface area contributed by atoms with Gasteiger partial charge in [-0.25, -0.2) is 0 Å². The number of alkyl halides is 3. The van der Waals surface area contributed by atoms with Crippen LogP contribution in [0.2, 0.25) is 0 Å². The van der Waals surface area contributed by atoms with Gasteiger partial charge in [-0.3, -0.25) is 0 Å². The number of ether oxygens (including phenoxy) is 1. The Morgan fingerprint density at radius 2 is 2.05 bits per heavy atom. The van der Waals surface area contributed by atoms with Gasteiger partial charge >= 0.3 is 6.18 Å². The maximum atomic E-state index is 12.1. The standard InChI is InChI=1S/C14H16F3NOS/c1-2-18-12(7-19-9-14(15,16)17)11-8-20-13-6-4-3-5-10(11)13/h3-6,8,12,18H,2,7,9H2,1H3. The summed E-state index contributed by atoms with van der Waals surface area (Å²) in [6.07, 6.45) is -4.28. The molecule has 1 atom stereocenters. The molecule has 1 aromatic carbocycles. The molecule has 1 aromatic heterocycles. The lowest BCUT2D eigenvalue weighted by Gasteiger charge is -2.18. The van der Waals surface area contributed by atoms with Crippen LogP contribution >= 0.6 is 11.3 Å². The van der Waals surface area contributed by atoms with E-state index < -0.39 is 12.8 Å². The highest BCUT2D eigenvalue weighted by Gasteiger charge is 2.28. The predicted molar refractivity (Wildman–Crippen MR) is 75.1 cm³/mol. The fourth-order valence-electron chi connectivity index (χ4n) is 2.07. The van der Waals surface area contributed by atoms with Gasteiger partial charge < -0.3 is 10.1 Å². The zero-order chi connectivity index (χ0) is 14.6.